The van der Waals surface area contributed by atoms with Gasteiger partial charge in [0.2, 0.25) is 0 Å². The molecule has 0 saturated heterocycles. The fourth-order valence-corrected chi connectivity index (χ4v) is 7.97. The molecule has 0 aliphatic heterocycles. The summed E-state index contributed by atoms with van der Waals surface area (Å²) in [4.78, 5) is 15.1. The van der Waals surface area contributed by atoms with E-state index in [-0.39, 0.29) is 17.6 Å². The maximum atomic E-state index is 15.1. The maximum Gasteiger partial charge on any atom is 0.170 e. The van der Waals surface area contributed by atoms with Gasteiger partial charge in [-0.1, -0.05) is 165 Å². The molecule has 1 aliphatic carbocycles. The highest BCUT2D eigenvalue weighted by atomic mass is 16.3. The van der Waals surface area contributed by atoms with E-state index in [9.17, 15) is 5.11 Å². The van der Waals surface area contributed by atoms with Crippen LogP contribution in [-0.4, -0.2) is 10.9 Å². The minimum atomic E-state index is -1.62. The summed E-state index contributed by atoms with van der Waals surface area (Å²) in [7, 11) is 0. The molecule has 0 unspecified atom stereocenters. The van der Waals surface area contributed by atoms with Crippen LogP contribution in [0.1, 0.15) is 39.9 Å². The van der Waals surface area contributed by atoms with Crippen LogP contribution in [0.15, 0.2) is 164 Å². The summed E-state index contributed by atoms with van der Waals surface area (Å²) in [6, 6.07) is 53.3. The van der Waals surface area contributed by atoms with Crippen LogP contribution in [-0.2, 0) is 5.60 Å². The Morgan fingerprint density at radius 1 is 0.565 bits per heavy atom. The van der Waals surface area contributed by atoms with Crippen molar-refractivity contribution in [3.63, 3.8) is 0 Å². The lowest BCUT2D eigenvalue weighted by Crippen LogP contribution is -2.47. The summed E-state index contributed by atoms with van der Waals surface area (Å²) in [5.74, 6) is -1.28. The van der Waals surface area contributed by atoms with Crippen LogP contribution in [0.4, 0.5) is 0 Å². The van der Waals surface area contributed by atoms with Crippen LogP contribution in [0.2, 0.25) is 0 Å². The smallest absolute Gasteiger partial charge is 0.170 e. The summed E-state index contributed by atoms with van der Waals surface area (Å²) in [6.07, 6.45) is 2.02. The first-order valence-corrected chi connectivity index (χ1v) is 16.0. The number of benzene rings is 7. The number of aliphatic hydroxyl groups is 1. The van der Waals surface area contributed by atoms with Crippen LogP contribution in [0.3, 0.4) is 0 Å². The first-order chi connectivity index (χ1) is 22.5. The van der Waals surface area contributed by atoms with Gasteiger partial charge in [0, 0.05) is 11.5 Å². The predicted molar refractivity (Wildman–Crippen MR) is 190 cm³/mol. The number of allylic oxidation sites excluding steroid dienone is 1. The SMILES string of the molecule is C[C@H]1C(c2cccc3ccccc23)=C[C@@](O)(c2cccc3ccccc23)[C@H](C(=O)c2ccccc2)[C@H]1c1cccc2ccccc12. The number of hydrogen-bond acceptors (Lipinski definition) is 2. The van der Waals surface area contributed by atoms with Gasteiger partial charge in [-0.3, -0.25) is 4.79 Å². The molecule has 0 heterocycles. The Bertz CT molecular complexity index is 2270. The summed E-state index contributed by atoms with van der Waals surface area (Å²) < 4.78 is 0. The largest absolute Gasteiger partial charge is 0.380 e. The van der Waals surface area contributed by atoms with Gasteiger partial charge in [-0.2, -0.15) is 0 Å². The molecule has 2 nitrogen and oxygen atoms in total. The Balaban J connectivity index is 1.49. The van der Waals surface area contributed by atoms with Crippen molar-refractivity contribution in [3.8, 4) is 0 Å². The van der Waals surface area contributed by atoms with Crippen molar-refractivity contribution in [3.05, 3.63) is 186 Å². The van der Waals surface area contributed by atoms with Gasteiger partial charge in [0.15, 0.2) is 5.78 Å². The van der Waals surface area contributed by atoms with Crippen molar-refractivity contribution in [1.82, 2.24) is 0 Å². The average molecular weight is 595 g/mol. The molecule has 7 aromatic carbocycles. The second-order valence-electron chi connectivity index (χ2n) is 12.6. The molecule has 7 aromatic rings. The molecule has 1 N–H and O–H groups in total. The number of hydrogen-bond donors (Lipinski definition) is 1. The van der Waals surface area contributed by atoms with Gasteiger partial charge in [0.1, 0.15) is 5.60 Å². The van der Waals surface area contributed by atoms with Crippen LogP contribution >= 0.6 is 0 Å². The van der Waals surface area contributed by atoms with Crippen LogP contribution in [0, 0.1) is 11.8 Å². The molecular formula is C44H34O2. The van der Waals surface area contributed by atoms with Crippen molar-refractivity contribution in [2.45, 2.75) is 18.4 Å². The van der Waals surface area contributed by atoms with Gasteiger partial charge in [-0.05, 0) is 66.6 Å². The molecule has 0 saturated carbocycles. The van der Waals surface area contributed by atoms with E-state index >= 15 is 4.79 Å². The zero-order valence-electron chi connectivity index (χ0n) is 25.7. The molecule has 0 amide bonds. The first-order valence-electron chi connectivity index (χ1n) is 16.0. The van der Waals surface area contributed by atoms with E-state index in [4.69, 9.17) is 0 Å². The molecule has 0 bridgehead atoms. The van der Waals surface area contributed by atoms with E-state index in [1.807, 2.05) is 60.7 Å². The summed E-state index contributed by atoms with van der Waals surface area (Å²) in [5.41, 5.74) is 2.93. The third-order valence-electron chi connectivity index (χ3n) is 10.1. The zero-order valence-corrected chi connectivity index (χ0v) is 25.7. The van der Waals surface area contributed by atoms with Gasteiger partial charge in [0.05, 0.1) is 5.92 Å². The lowest BCUT2D eigenvalue weighted by molar-refractivity contribution is 0.00630. The molecule has 0 spiro atoms. The maximum absolute atomic E-state index is 15.1. The van der Waals surface area contributed by atoms with Crippen LogP contribution in [0.5, 0.6) is 0 Å². The molecule has 0 fully saturated rings. The standard InChI is InChI=1S/C44H34O2/c1-29-39(37-25-11-19-30-14-5-8-22-34(30)37)28-44(46,40-27-13-21-32-16-7-10-24-36(32)40)42(43(45)33-17-3-2-4-18-33)41(29)38-26-12-20-31-15-6-9-23-35(31)38/h2-29,41-42,46H,1H3/t29-,41+,42-,44+/m0/s1. The minimum absolute atomic E-state index is 0.0611. The van der Waals surface area contributed by atoms with E-state index in [1.54, 1.807) is 0 Å². The lowest BCUT2D eigenvalue weighted by atomic mass is 9.58. The van der Waals surface area contributed by atoms with Crippen molar-refractivity contribution >= 4 is 43.7 Å². The highest BCUT2D eigenvalue weighted by Crippen LogP contribution is 2.56. The summed E-state index contributed by atoms with van der Waals surface area (Å²) in [6.45, 7) is 2.23. The number of Topliss-reactive ketones (excluding diaryl/α,β-unsaturated/α-hetero) is 1. The minimum Gasteiger partial charge on any atom is -0.380 e. The normalized spacial score (nSPS) is 21.3. The number of carbonyl (C=O) groups excluding carboxylic acids is 1. The lowest BCUT2D eigenvalue weighted by Gasteiger charge is -2.47. The predicted octanol–water partition coefficient (Wildman–Crippen LogP) is 10.3. The number of rotatable bonds is 5. The Morgan fingerprint density at radius 3 is 1.80 bits per heavy atom. The van der Waals surface area contributed by atoms with E-state index in [2.05, 4.69) is 110 Å². The van der Waals surface area contributed by atoms with Crippen LogP contribution < -0.4 is 0 Å². The van der Waals surface area contributed by atoms with Gasteiger partial charge in [-0.25, -0.2) is 0 Å². The fraction of sp³-hybridized carbons (Fsp3) is 0.114. The molecule has 222 valence electrons. The highest BCUT2D eigenvalue weighted by molar-refractivity contribution is 6.03. The molecular weight excluding hydrogens is 560 g/mol. The van der Waals surface area contributed by atoms with Crippen molar-refractivity contribution in [2.24, 2.45) is 11.8 Å². The molecule has 0 aromatic heterocycles. The third kappa shape index (κ3) is 4.49. The number of carbonyl (C=O) groups is 1. The van der Waals surface area contributed by atoms with Gasteiger partial charge >= 0.3 is 0 Å². The molecule has 1 aliphatic rings. The molecule has 2 heteroatoms. The van der Waals surface area contributed by atoms with Gasteiger partial charge in [-0.15, -0.1) is 0 Å². The Labute approximate surface area is 269 Å². The average Bonchev–Trinajstić information content (AvgIpc) is 3.12. The summed E-state index contributed by atoms with van der Waals surface area (Å²) >= 11 is 0. The van der Waals surface area contributed by atoms with E-state index in [0.29, 0.717) is 5.56 Å². The first kappa shape index (κ1) is 28.2. The number of ketones is 1. The fourth-order valence-electron chi connectivity index (χ4n) is 7.97. The molecule has 0 radical (unpaired) electrons. The van der Waals surface area contributed by atoms with Crippen molar-refractivity contribution in [1.29, 1.82) is 0 Å². The zero-order chi connectivity index (χ0) is 31.3. The topological polar surface area (TPSA) is 37.3 Å². The Morgan fingerprint density at radius 2 is 1.09 bits per heavy atom. The third-order valence-corrected chi connectivity index (χ3v) is 10.1. The van der Waals surface area contributed by atoms with Gasteiger partial charge in [0.25, 0.3) is 0 Å². The second kappa shape index (κ2) is 11.2. The molecule has 8 rings (SSSR count). The van der Waals surface area contributed by atoms with Crippen molar-refractivity contribution < 1.29 is 9.90 Å². The van der Waals surface area contributed by atoms with Crippen LogP contribution in [0.25, 0.3) is 37.9 Å². The van der Waals surface area contributed by atoms with E-state index in [1.165, 1.54) is 0 Å². The Kier molecular flexibility index (Phi) is 6.89. The van der Waals surface area contributed by atoms with E-state index in [0.717, 1.165) is 54.6 Å². The number of fused-ring (bicyclic) bond motifs is 3. The highest BCUT2D eigenvalue weighted by Gasteiger charge is 2.53. The van der Waals surface area contributed by atoms with Gasteiger partial charge < -0.3 is 5.11 Å². The Hall–Kier alpha value is -5.31. The second-order valence-corrected chi connectivity index (χ2v) is 12.6. The molecule has 46 heavy (non-hydrogen) atoms. The van der Waals surface area contributed by atoms with E-state index < -0.39 is 11.5 Å². The quantitative estimate of drug-likeness (QED) is 0.201. The molecule has 4 atom stereocenters. The monoisotopic (exact) mass is 594 g/mol. The van der Waals surface area contributed by atoms with Crippen molar-refractivity contribution in [2.75, 3.05) is 0 Å². The summed E-state index contributed by atoms with van der Waals surface area (Å²) in [5, 5.41) is 20.0.